The predicted molar refractivity (Wildman–Crippen MR) is 102 cm³/mol. The number of carbonyl (C=O) groups excluding carboxylic acids is 2. The van der Waals surface area contributed by atoms with Crippen molar-refractivity contribution in [2.75, 3.05) is 5.75 Å². The van der Waals surface area contributed by atoms with Gasteiger partial charge in [-0.15, -0.1) is 0 Å². The zero-order chi connectivity index (χ0) is 17.8. The van der Waals surface area contributed by atoms with Crippen LogP contribution >= 0.6 is 11.8 Å². The summed E-state index contributed by atoms with van der Waals surface area (Å²) >= 11 is 1.93. The van der Waals surface area contributed by atoms with Crippen LogP contribution in [-0.2, 0) is 4.79 Å². The van der Waals surface area contributed by atoms with E-state index in [2.05, 4.69) is 16.0 Å². The van der Waals surface area contributed by atoms with Crippen molar-refractivity contribution in [2.24, 2.45) is 5.92 Å². The molecular formula is C19H27N3O2S. The Morgan fingerprint density at radius 2 is 2.04 bits per heavy atom. The van der Waals surface area contributed by atoms with E-state index in [-0.39, 0.29) is 36.0 Å². The van der Waals surface area contributed by atoms with E-state index < -0.39 is 0 Å². The van der Waals surface area contributed by atoms with E-state index in [1.165, 1.54) is 0 Å². The van der Waals surface area contributed by atoms with Crippen molar-refractivity contribution in [3.8, 4) is 0 Å². The summed E-state index contributed by atoms with van der Waals surface area (Å²) in [5.74, 6) is 1.10. The summed E-state index contributed by atoms with van der Waals surface area (Å²) in [5.41, 5.74) is 1.13. The zero-order valence-corrected chi connectivity index (χ0v) is 15.6. The van der Waals surface area contributed by atoms with Crippen molar-refractivity contribution in [3.05, 3.63) is 35.9 Å². The number of carbonyl (C=O) groups is 2. The van der Waals surface area contributed by atoms with Gasteiger partial charge in [-0.05, 0) is 25.3 Å². The first-order valence-corrected chi connectivity index (χ1v) is 10.1. The number of nitrogens with one attached hydrogen (secondary N) is 3. The maximum Gasteiger partial charge on any atom is 0.315 e. The van der Waals surface area contributed by atoms with E-state index in [1.54, 1.807) is 0 Å². The number of hydrogen-bond donors (Lipinski definition) is 3. The van der Waals surface area contributed by atoms with Crippen LogP contribution in [0.3, 0.4) is 0 Å². The highest BCUT2D eigenvalue weighted by molar-refractivity contribution is 8.00. The highest BCUT2D eigenvalue weighted by Gasteiger charge is 2.42. The third kappa shape index (κ3) is 4.48. The molecule has 0 aliphatic carbocycles. The van der Waals surface area contributed by atoms with Crippen LogP contribution < -0.4 is 16.0 Å². The van der Waals surface area contributed by atoms with Crippen molar-refractivity contribution >= 4 is 23.7 Å². The molecule has 2 heterocycles. The number of amides is 3. The molecule has 1 aromatic carbocycles. The Bertz CT molecular complexity index is 610. The molecule has 6 heteroatoms. The Morgan fingerprint density at radius 1 is 1.28 bits per heavy atom. The number of thioether (sulfide) groups is 1. The minimum atomic E-state index is -0.0389. The lowest BCUT2D eigenvalue weighted by Gasteiger charge is -2.20. The largest absolute Gasteiger partial charge is 0.349 e. The van der Waals surface area contributed by atoms with E-state index in [1.807, 2.05) is 55.9 Å². The highest BCUT2D eigenvalue weighted by atomic mass is 32.2. The Hall–Kier alpha value is -1.69. The lowest BCUT2D eigenvalue weighted by molar-refractivity contribution is -0.125. The minimum Gasteiger partial charge on any atom is -0.349 e. The number of benzene rings is 1. The van der Waals surface area contributed by atoms with Gasteiger partial charge in [0.2, 0.25) is 5.91 Å². The minimum absolute atomic E-state index is 0.00431. The first kappa shape index (κ1) is 18.1. The molecule has 5 nitrogen and oxygen atoms in total. The summed E-state index contributed by atoms with van der Waals surface area (Å²) in [6, 6.07) is 10.5. The van der Waals surface area contributed by atoms with Crippen LogP contribution in [0.1, 0.15) is 44.7 Å². The van der Waals surface area contributed by atoms with Crippen molar-refractivity contribution in [3.63, 3.8) is 0 Å². The Balaban J connectivity index is 1.39. The van der Waals surface area contributed by atoms with Crippen LogP contribution in [0.2, 0.25) is 0 Å². The van der Waals surface area contributed by atoms with E-state index in [9.17, 15) is 9.59 Å². The van der Waals surface area contributed by atoms with Gasteiger partial charge in [-0.2, -0.15) is 11.8 Å². The van der Waals surface area contributed by atoms with Gasteiger partial charge in [0, 0.05) is 16.9 Å². The third-order valence-corrected chi connectivity index (χ3v) is 6.68. The molecule has 0 saturated carbocycles. The standard InChI is InChI=1S/C19H27N3O2S/c1-12(18(23)20-13(2)14-8-4-3-5-9-14)7-6-10-16-17-15(11-25-16)21-19(24)22-17/h3-5,8-9,12-13,15-17H,6-7,10-11H2,1-2H3,(H,20,23)(H2,21,22,24)/t12-,13+,15+,16+,17+/m1/s1. The lowest BCUT2D eigenvalue weighted by atomic mass is 9.98. The molecule has 3 rings (SSSR count). The smallest absolute Gasteiger partial charge is 0.315 e. The topological polar surface area (TPSA) is 70.2 Å². The summed E-state index contributed by atoms with van der Waals surface area (Å²) in [7, 11) is 0. The molecule has 3 amide bonds. The molecule has 136 valence electrons. The number of hydrogen-bond acceptors (Lipinski definition) is 3. The lowest BCUT2D eigenvalue weighted by Crippen LogP contribution is -2.37. The molecule has 0 bridgehead atoms. The monoisotopic (exact) mass is 361 g/mol. The van der Waals surface area contributed by atoms with Crippen LogP contribution in [0.5, 0.6) is 0 Å². The quantitative estimate of drug-likeness (QED) is 0.654. The second-order valence-electron chi connectivity index (χ2n) is 7.09. The molecule has 5 atom stereocenters. The first-order chi connectivity index (χ1) is 12.0. The van der Waals surface area contributed by atoms with Gasteiger partial charge < -0.3 is 16.0 Å². The molecule has 2 aliphatic heterocycles. The van der Waals surface area contributed by atoms with Gasteiger partial charge in [0.15, 0.2) is 0 Å². The van der Waals surface area contributed by atoms with E-state index in [4.69, 9.17) is 0 Å². The Labute approximate surface area is 153 Å². The van der Waals surface area contributed by atoms with Gasteiger partial charge in [0.25, 0.3) is 0 Å². The van der Waals surface area contributed by atoms with Crippen LogP contribution in [0, 0.1) is 5.92 Å². The maximum atomic E-state index is 12.4. The average Bonchev–Trinajstić information content (AvgIpc) is 3.15. The fraction of sp³-hybridized carbons (Fsp3) is 0.579. The molecule has 0 unspecified atom stereocenters. The van der Waals surface area contributed by atoms with Crippen LogP contribution in [-0.4, -0.2) is 35.0 Å². The van der Waals surface area contributed by atoms with Crippen molar-refractivity contribution in [1.82, 2.24) is 16.0 Å². The normalized spacial score (nSPS) is 27.1. The van der Waals surface area contributed by atoms with Crippen LogP contribution in [0.25, 0.3) is 0 Å². The fourth-order valence-corrected chi connectivity index (χ4v) is 5.12. The molecule has 2 saturated heterocycles. The van der Waals surface area contributed by atoms with Crippen LogP contribution in [0.4, 0.5) is 4.79 Å². The number of urea groups is 1. The third-order valence-electron chi connectivity index (χ3n) is 5.17. The molecule has 1 aromatic rings. The summed E-state index contributed by atoms with van der Waals surface area (Å²) in [6.07, 6.45) is 2.92. The van der Waals surface area contributed by atoms with E-state index in [0.717, 1.165) is 30.6 Å². The molecule has 2 aliphatic rings. The highest BCUT2D eigenvalue weighted by Crippen LogP contribution is 2.33. The molecular weight excluding hydrogens is 334 g/mol. The van der Waals surface area contributed by atoms with Gasteiger partial charge >= 0.3 is 6.03 Å². The van der Waals surface area contributed by atoms with Gasteiger partial charge in [-0.25, -0.2) is 4.79 Å². The summed E-state index contributed by atoms with van der Waals surface area (Å²) in [4.78, 5) is 23.8. The van der Waals surface area contributed by atoms with Crippen molar-refractivity contribution in [2.45, 2.75) is 56.5 Å². The van der Waals surface area contributed by atoms with E-state index in [0.29, 0.717) is 5.25 Å². The first-order valence-electron chi connectivity index (χ1n) is 9.08. The molecule has 0 radical (unpaired) electrons. The molecule has 0 aromatic heterocycles. The SMILES string of the molecule is C[C@H](CCC[C@@H]1SC[C@@H]2NC(=O)N[C@@H]21)C(=O)N[C@@H](C)c1ccccc1. The summed E-state index contributed by atoms with van der Waals surface area (Å²) in [6.45, 7) is 4.02. The Kier molecular flexibility index (Phi) is 5.89. The molecule has 0 spiro atoms. The van der Waals surface area contributed by atoms with Gasteiger partial charge in [0.1, 0.15) is 0 Å². The van der Waals surface area contributed by atoms with Crippen LogP contribution in [0.15, 0.2) is 30.3 Å². The van der Waals surface area contributed by atoms with Gasteiger partial charge in [-0.3, -0.25) is 4.79 Å². The summed E-state index contributed by atoms with van der Waals surface area (Å²) < 4.78 is 0. The predicted octanol–water partition coefficient (Wildman–Crippen LogP) is 2.84. The average molecular weight is 362 g/mol. The molecule has 25 heavy (non-hydrogen) atoms. The molecule has 3 N–H and O–H groups in total. The van der Waals surface area contributed by atoms with Crippen molar-refractivity contribution < 1.29 is 9.59 Å². The zero-order valence-electron chi connectivity index (χ0n) is 14.8. The number of rotatable bonds is 7. The van der Waals surface area contributed by atoms with E-state index >= 15 is 0 Å². The van der Waals surface area contributed by atoms with Gasteiger partial charge in [0.05, 0.1) is 18.1 Å². The summed E-state index contributed by atoms with van der Waals surface area (Å²) in [5, 5.41) is 9.55. The second kappa shape index (κ2) is 8.13. The maximum absolute atomic E-state index is 12.4. The number of fused-ring (bicyclic) bond motifs is 1. The Morgan fingerprint density at radius 3 is 2.80 bits per heavy atom. The fourth-order valence-electron chi connectivity index (χ4n) is 3.58. The second-order valence-corrected chi connectivity index (χ2v) is 8.37. The van der Waals surface area contributed by atoms with Crippen molar-refractivity contribution in [1.29, 1.82) is 0 Å². The molecule has 2 fully saturated rings. The van der Waals surface area contributed by atoms with Gasteiger partial charge in [-0.1, -0.05) is 43.7 Å².